The topological polar surface area (TPSA) is 57.6 Å². The molecule has 2 bridgehead atoms. The zero-order valence-corrected chi connectivity index (χ0v) is 12.5. The van der Waals surface area contributed by atoms with Crippen molar-refractivity contribution in [2.45, 2.75) is 44.9 Å². The third-order valence-electron chi connectivity index (χ3n) is 6.62. The normalized spacial score (nSPS) is 43.7. The summed E-state index contributed by atoms with van der Waals surface area (Å²) in [5.41, 5.74) is 0. The first-order valence-corrected chi connectivity index (χ1v) is 8.65. The summed E-state index contributed by atoms with van der Waals surface area (Å²) in [6, 6.07) is 0. The Kier molecular flexibility index (Phi) is 3.23. The van der Waals surface area contributed by atoms with Gasteiger partial charge in [-0.1, -0.05) is 0 Å². The molecule has 116 valence electrons. The maximum atomic E-state index is 12.8. The largest absolute Gasteiger partial charge is 0.481 e. The molecule has 4 aliphatic rings. The molecule has 0 aromatic heterocycles. The summed E-state index contributed by atoms with van der Waals surface area (Å²) < 4.78 is 0. The van der Waals surface area contributed by atoms with Gasteiger partial charge in [-0.2, -0.15) is 0 Å². The molecule has 1 unspecified atom stereocenters. The summed E-state index contributed by atoms with van der Waals surface area (Å²) in [5, 5.41) is 8.81. The summed E-state index contributed by atoms with van der Waals surface area (Å²) in [6.07, 6.45) is 7.20. The molecule has 1 amide bonds. The highest BCUT2D eigenvalue weighted by Gasteiger charge is 2.68. The number of nitrogens with zero attached hydrogens (tertiary/aromatic N) is 1. The van der Waals surface area contributed by atoms with Gasteiger partial charge in [0.15, 0.2) is 0 Å². The summed E-state index contributed by atoms with van der Waals surface area (Å²) in [5.74, 6) is 3.56. The van der Waals surface area contributed by atoms with Crippen LogP contribution in [-0.4, -0.2) is 35.0 Å². The Balaban J connectivity index is 1.34. The Hall–Kier alpha value is -1.06. The Morgan fingerprint density at radius 1 is 1.10 bits per heavy atom. The lowest BCUT2D eigenvalue weighted by Gasteiger charge is -2.33. The summed E-state index contributed by atoms with van der Waals surface area (Å²) in [7, 11) is 0. The van der Waals surface area contributed by atoms with E-state index in [4.69, 9.17) is 5.11 Å². The van der Waals surface area contributed by atoms with Crippen molar-refractivity contribution in [1.29, 1.82) is 0 Å². The summed E-state index contributed by atoms with van der Waals surface area (Å²) >= 11 is 0. The van der Waals surface area contributed by atoms with E-state index < -0.39 is 5.97 Å². The third kappa shape index (κ3) is 2.27. The van der Waals surface area contributed by atoms with E-state index in [0.29, 0.717) is 17.7 Å². The van der Waals surface area contributed by atoms with Crippen LogP contribution in [0.1, 0.15) is 44.9 Å². The van der Waals surface area contributed by atoms with Gasteiger partial charge in [0.05, 0.1) is 0 Å². The number of rotatable bonds is 4. The second-order valence-electron chi connectivity index (χ2n) is 7.74. The van der Waals surface area contributed by atoms with Gasteiger partial charge >= 0.3 is 5.97 Å². The summed E-state index contributed by atoms with van der Waals surface area (Å²) in [6.45, 7) is 1.70. The molecule has 0 aromatic carbocycles. The van der Waals surface area contributed by atoms with Crippen LogP contribution in [-0.2, 0) is 9.59 Å². The number of piperidine rings is 1. The molecule has 21 heavy (non-hydrogen) atoms. The molecule has 1 N–H and O–H groups in total. The Morgan fingerprint density at radius 3 is 2.48 bits per heavy atom. The minimum Gasteiger partial charge on any atom is -0.481 e. The quantitative estimate of drug-likeness (QED) is 0.865. The van der Waals surface area contributed by atoms with Gasteiger partial charge in [-0.3, -0.25) is 9.59 Å². The van der Waals surface area contributed by atoms with Gasteiger partial charge in [0, 0.05) is 25.4 Å². The smallest absolute Gasteiger partial charge is 0.303 e. The van der Waals surface area contributed by atoms with E-state index >= 15 is 0 Å². The molecule has 0 radical (unpaired) electrons. The molecule has 1 saturated heterocycles. The number of carbonyl (C=O) groups is 2. The second kappa shape index (κ2) is 4.99. The van der Waals surface area contributed by atoms with Crippen LogP contribution in [0.3, 0.4) is 0 Å². The van der Waals surface area contributed by atoms with Crippen LogP contribution in [0.4, 0.5) is 0 Å². The van der Waals surface area contributed by atoms with E-state index in [9.17, 15) is 9.59 Å². The van der Waals surface area contributed by atoms with E-state index in [1.165, 1.54) is 19.3 Å². The fourth-order valence-corrected chi connectivity index (χ4v) is 5.69. The second-order valence-corrected chi connectivity index (χ2v) is 7.74. The van der Waals surface area contributed by atoms with Crippen molar-refractivity contribution in [1.82, 2.24) is 4.90 Å². The van der Waals surface area contributed by atoms with Crippen LogP contribution in [0.15, 0.2) is 0 Å². The van der Waals surface area contributed by atoms with E-state index in [1.807, 2.05) is 0 Å². The molecular formula is C17H25NO3. The summed E-state index contributed by atoms with van der Waals surface area (Å²) in [4.78, 5) is 25.6. The lowest BCUT2D eigenvalue weighted by Crippen LogP contribution is -2.41. The Morgan fingerprint density at radius 2 is 1.81 bits per heavy atom. The highest BCUT2D eigenvalue weighted by atomic mass is 16.4. The van der Waals surface area contributed by atoms with Crippen LogP contribution in [0.25, 0.3) is 0 Å². The molecule has 4 rings (SSSR count). The zero-order valence-electron chi connectivity index (χ0n) is 12.5. The van der Waals surface area contributed by atoms with Crippen molar-refractivity contribution in [3.05, 3.63) is 0 Å². The fraction of sp³-hybridized carbons (Fsp3) is 0.882. The van der Waals surface area contributed by atoms with Gasteiger partial charge in [0.1, 0.15) is 0 Å². The van der Waals surface area contributed by atoms with Gasteiger partial charge in [0.25, 0.3) is 0 Å². The van der Waals surface area contributed by atoms with Crippen LogP contribution >= 0.6 is 0 Å². The van der Waals surface area contributed by atoms with E-state index in [0.717, 1.165) is 56.0 Å². The molecular weight excluding hydrogens is 266 g/mol. The molecule has 1 aliphatic heterocycles. The van der Waals surface area contributed by atoms with Gasteiger partial charge in [-0.25, -0.2) is 0 Å². The molecule has 3 saturated carbocycles. The maximum absolute atomic E-state index is 12.8. The monoisotopic (exact) mass is 291 g/mol. The number of hydrogen-bond acceptors (Lipinski definition) is 2. The number of aliphatic carboxylic acids is 1. The van der Waals surface area contributed by atoms with Crippen LogP contribution < -0.4 is 0 Å². The van der Waals surface area contributed by atoms with Gasteiger partial charge in [0.2, 0.25) is 5.91 Å². The van der Waals surface area contributed by atoms with Crippen molar-refractivity contribution in [2.75, 3.05) is 13.1 Å². The van der Waals surface area contributed by atoms with Crippen LogP contribution in [0.2, 0.25) is 0 Å². The van der Waals surface area contributed by atoms with Crippen molar-refractivity contribution in [3.63, 3.8) is 0 Å². The van der Waals surface area contributed by atoms with Crippen molar-refractivity contribution < 1.29 is 14.7 Å². The molecule has 3 aliphatic carbocycles. The molecule has 6 atom stereocenters. The standard InChI is InChI=1S/C17H25NO3/c19-13(20)6-3-10-2-1-7-18(9-10)17(21)16-14-11-4-5-12(8-11)15(14)16/h10-12,14-16H,1-9H2,(H,19,20)/t10-,11-,12-,14-,15+,16?/m0/s1. The highest BCUT2D eigenvalue weighted by Crippen LogP contribution is 2.69. The van der Waals surface area contributed by atoms with Crippen molar-refractivity contribution >= 4 is 11.9 Å². The number of carbonyl (C=O) groups excluding carboxylic acids is 1. The van der Waals surface area contributed by atoms with Gasteiger partial charge < -0.3 is 10.0 Å². The van der Waals surface area contributed by atoms with Crippen molar-refractivity contribution in [2.24, 2.45) is 35.5 Å². The predicted molar refractivity (Wildman–Crippen MR) is 77.5 cm³/mol. The lowest BCUT2D eigenvalue weighted by molar-refractivity contribution is -0.137. The van der Waals surface area contributed by atoms with Crippen LogP contribution in [0, 0.1) is 35.5 Å². The molecule has 0 aromatic rings. The number of carboxylic acid groups (broad SMARTS) is 1. The van der Waals surface area contributed by atoms with E-state index in [1.54, 1.807) is 0 Å². The van der Waals surface area contributed by atoms with Crippen LogP contribution in [0.5, 0.6) is 0 Å². The minimum atomic E-state index is -0.716. The van der Waals surface area contributed by atoms with Gasteiger partial charge in [-0.05, 0) is 68.1 Å². The van der Waals surface area contributed by atoms with E-state index in [2.05, 4.69) is 4.90 Å². The Labute approximate surface area is 125 Å². The minimum absolute atomic E-state index is 0.242. The first kappa shape index (κ1) is 13.6. The number of hydrogen-bond donors (Lipinski definition) is 1. The maximum Gasteiger partial charge on any atom is 0.303 e. The Bertz CT molecular complexity index is 447. The van der Waals surface area contributed by atoms with Crippen molar-refractivity contribution in [3.8, 4) is 0 Å². The molecule has 1 heterocycles. The number of amides is 1. The molecule has 4 fully saturated rings. The average molecular weight is 291 g/mol. The van der Waals surface area contributed by atoms with E-state index in [-0.39, 0.29) is 6.42 Å². The first-order chi connectivity index (χ1) is 10.1. The third-order valence-corrected chi connectivity index (χ3v) is 6.62. The number of likely N-dealkylation sites (tertiary alicyclic amines) is 1. The highest BCUT2D eigenvalue weighted by molar-refractivity contribution is 5.83. The SMILES string of the molecule is O=C(O)CC[C@@H]1CCCN(C(=O)C2[C@@H]3[C@H]4CC[C@@H](C4)[C@H]23)C1. The molecule has 4 nitrogen and oxygen atoms in total. The molecule has 0 spiro atoms. The van der Waals surface area contributed by atoms with Gasteiger partial charge in [-0.15, -0.1) is 0 Å². The first-order valence-electron chi connectivity index (χ1n) is 8.65. The zero-order chi connectivity index (χ0) is 14.6. The lowest BCUT2D eigenvalue weighted by atomic mass is 9.92. The number of carboxylic acids is 1. The predicted octanol–water partition coefficient (Wildman–Crippen LogP) is 2.38. The fourth-order valence-electron chi connectivity index (χ4n) is 5.69. The number of fused-ring (bicyclic) bond motifs is 5. The molecule has 4 heteroatoms. The average Bonchev–Trinajstić information content (AvgIpc) is 2.91.